The lowest BCUT2D eigenvalue weighted by atomic mass is 10.1. The number of hydrogen-bond donors (Lipinski definition) is 2. The van der Waals surface area contributed by atoms with E-state index in [9.17, 15) is 22.8 Å². The summed E-state index contributed by atoms with van der Waals surface area (Å²) in [6.07, 6.45) is -3.09. The molecule has 0 fully saturated rings. The van der Waals surface area contributed by atoms with Gasteiger partial charge >= 0.3 is 6.18 Å². The van der Waals surface area contributed by atoms with Crippen molar-refractivity contribution in [1.82, 2.24) is 10.3 Å². The summed E-state index contributed by atoms with van der Waals surface area (Å²) in [6, 6.07) is 7.50. The van der Waals surface area contributed by atoms with Gasteiger partial charge in [0, 0.05) is 12.1 Å². The third-order valence-corrected chi connectivity index (χ3v) is 3.99. The van der Waals surface area contributed by atoms with E-state index >= 15 is 0 Å². The summed E-state index contributed by atoms with van der Waals surface area (Å²) >= 11 is 0. The topological polar surface area (TPSA) is 80.3 Å². The molecule has 1 unspecified atom stereocenters. The number of anilines is 1. The number of halogens is 3. The number of rotatable bonds is 7. The van der Waals surface area contributed by atoms with E-state index in [1.54, 1.807) is 32.9 Å². The van der Waals surface area contributed by atoms with Crippen LogP contribution in [-0.2, 0) is 15.8 Å². The van der Waals surface area contributed by atoms with Gasteiger partial charge in [-0.3, -0.25) is 9.59 Å². The molecule has 2 rings (SSSR count). The van der Waals surface area contributed by atoms with Crippen LogP contribution in [0.1, 0.15) is 37.9 Å². The van der Waals surface area contributed by atoms with Gasteiger partial charge in [-0.1, -0.05) is 26.0 Å². The van der Waals surface area contributed by atoms with Crippen LogP contribution in [0.3, 0.4) is 0 Å². The minimum absolute atomic E-state index is 0.192. The molecule has 156 valence electrons. The zero-order valence-electron chi connectivity index (χ0n) is 16.2. The van der Waals surface area contributed by atoms with E-state index in [1.807, 2.05) is 0 Å². The second-order valence-electron chi connectivity index (χ2n) is 6.69. The lowest BCUT2D eigenvalue weighted by Crippen LogP contribution is -2.31. The summed E-state index contributed by atoms with van der Waals surface area (Å²) in [5.41, 5.74) is -0.274. The number of nitrogens with one attached hydrogen (secondary N) is 2. The quantitative estimate of drug-likeness (QED) is 0.726. The molecule has 0 radical (unpaired) electrons. The van der Waals surface area contributed by atoms with Crippen LogP contribution in [0.5, 0.6) is 5.75 Å². The minimum atomic E-state index is -4.58. The molecule has 2 aromatic rings. The maximum Gasteiger partial charge on any atom is 0.419 e. The first-order valence-corrected chi connectivity index (χ1v) is 8.93. The van der Waals surface area contributed by atoms with Gasteiger partial charge in [0.25, 0.3) is 5.91 Å². The number of benzene rings is 1. The molecule has 1 heterocycles. The third-order valence-electron chi connectivity index (χ3n) is 3.99. The van der Waals surface area contributed by atoms with Crippen molar-refractivity contribution in [3.8, 4) is 5.75 Å². The summed E-state index contributed by atoms with van der Waals surface area (Å²) < 4.78 is 44.0. The Hall–Kier alpha value is -3.10. The Morgan fingerprint density at radius 2 is 1.83 bits per heavy atom. The van der Waals surface area contributed by atoms with Crippen molar-refractivity contribution in [2.45, 2.75) is 33.0 Å². The van der Waals surface area contributed by atoms with E-state index in [4.69, 9.17) is 4.74 Å². The number of carbonyl (C=O) groups is 2. The van der Waals surface area contributed by atoms with Crippen LogP contribution in [0.15, 0.2) is 42.6 Å². The number of alkyl halides is 3. The van der Waals surface area contributed by atoms with Crippen molar-refractivity contribution in [1.29, 1.82) is 0 Å². The van der Waals surface area contributed by atoms with Crippen LogP contribution >= 0.6 is 0 Å². The van der Waals surface area contributed by atoms with Crippen molar-refractivity contribution < 1.29 is 27.5 Å². The van der Waals surface area contributed by atoms with Crippen molar-refractivity contribution in [3.05, 3.63) is 53.7 Å². The first-order chi connectivity index (χ1) is 13.6. The zero-order valence-corrected chi connectivity index (χ0v) is 16.2. The minimum Gasteiger partial charge on any atom is -0.483 e. The van der Waals surface area contributed by atoms with Gasteiger partial charge in [0.2, 0.25) is 5.91 Å². The molecule has 1 atom stereocenters. The van der Waals surface area contributed by atoms with Gasteiger partial charge in [0.05, 0.1) is 11.6 Å². The highest BCUT2D eigenvalue weighted by molar-refractivity contribution is 5.91. The normalized spacial score (nSPS) is 12.4. The molecule has 2 N–H and O–H groups in total. The molecule has 6 nitrogen and oxygen atoms in total. The van der Waals surface area contributed by atoms with E-state index in [0.29, 0.717) is 11.4 Å². The molecule has 0 saturated heterocycles. The molecule has 1 aromatic heterocycles. The van der Waals surface area contributed by atoms with Gasteiger partial charge in [-0.25, -0.2) is 4.98 Å². The summed E-state index contributed by atoms with van der Waals surface area (Å²) in [6.45, 7) is 4.63. The fourth-order valence-electron chi connectivity index (χ4n) is 2.39. The second-order valence-corrected chi connectivity index (χ2v) is 6.69. The Balaban J connectivity index is 1.97. The van der Waals surface area contributed by atoms with Crippen molar-refractivity contribution in [2.75, 3.05) is 11.9 Å². The first-order valence-electron chi connectivity index (χ1n) is 8.93. The largest absolute Gasteiger partial charge is 0.483 e. The fourth-order valence-corrected chi connectivity index (χ4v) is 2.39. The van der Waals surface area contributed by atoms with E-state index in [-0.39, 0.29) is 11.8 Å². The van der Waals surface area contributed by atoms with Gasteiger partial charge in [0.15, 0.2) is 6.61 Å². The first kappa shape index (κ1) is 22.2. The van der Waals surface area contributed by atoms with Crippen molar-refractivity contribution >= 4 is 17.6 Å². The SMILES string of the molecule is CC(C)C(=O)Nc1cc(C(C)NC(=O)COc2ccccc2C(F)(F)F)ccn1. The Morgan fingerprint density at radius 1 is 1.14 bits per heavy atom. The molecule has 1 aromatic carbocycles. The van der Waals surface area contributed by atoms with Crippen molar-refractivity contribution in [3.63, 3.8) is 0 Å². The number of nitrogens with zero attached hydrogens (tertiary/aromatic N) is 1. The highest BCUT2D eigenvalue weighted by Crippen LogP contribution is 2.35. The number of amides is 2. The second kappa shape index (κ2) is 9.40. The van der Waals surface area contributed by atoms with E-state index < -0.39 is 36.0 Å². The molecule has 0 spiro atoms. The van der Waals surface area contributed by atoms with Gasteiger partial charge in [0.1, 0.15) is 11.6 Å². The highest BCUT2D eigenvalue weighted by Gasteiger charge is 2.34. The molecule has 9 heteroatoms. The molecule has 0 aliphatic heterocycles. The number of hydrogen-bond acceptors (Lipinski definition) is 4. The summed E-state index contributed by atoms with van der Waals surface area (Å²) in [4.78, 5) is 27.9. The molecule has 0 bridgehead atoms. The molecule has 2 amide bonds. The summed E-state index contributed by atoms with van der Waals surface area (Å²) in [5.74, 6) is -1.06. The molecular weight excluding hydrogens is 387 g/mol. The number of carbonyl (C=O) groups excluding carboxylic acids is 2. The van der Waals surface area contributed by atoms with Crippen LogP contribution < -0.4 is 15.4 Å². The average Bonchev–Trinajstić information content (AvgIpc) is 2.66. The molecule has 0 aliphatic rings. The van der Waals surface area contributed by atoms with Crippen LogP contribution in [0.4, 0.5) is 19.0 Å². The molecule has 0 saturated carbocycles. The molecular formula is C20H22F3N3O3. The fraction of sp³-hybridized carbons (Fsp3) is 0.350. The summed E-state index contributed by atoms with van der Waals surface area (Å²) in [5, 5.41) is 5.31. The van der Waals surface area contributed by atoms with Gasteiger partial charge in [-0.15, -0.1) is 0 Å². The molecule has 29 heavy (non-hydrogen) atoms. The van der Waals surface area contributed by atoms with Gasteiger partial charge in [-0.05, 0) is 36.8 Å². The van der Waals surface area contributed by atoms with E-state index in [2.05, 4.69) is 15.6 Å². The van der Waals surface area contributed by atoms with Crippen LogP contribution in [-0.4, -0.2) is 23.4 Å². The predicted molar refractivity (Wildman–Crippen MR) is 101 cm³/mol. The number of aromatic nitrogens is 1. The number of pyridine rings is 1. The Labute approximate surface area is 166 Å². The Bertz CT molecular complexity index is 869. The van der Waals surface area contributed by atoms with E-state index in [0.717, 1.165) is 12.1 Å². The number of para-hydroxylation sites is 1. The maximum atomic E-state index is 13.0. The lowest BCUT2D eigenvalue weighted by Gasteiger charge is -2.17. The number of ether oxygens (including phenoxy) is 1. The molecule has 0 aliphatic carbocycles. The van der Waals surface area contributed by atoms with Crippen LogP contribution in [0.2, 0.25) is 0 Å². The smallest absolute Gasteiger partial charge is 0.419 e. The average molecular weight is 409 g/mol. The maximum absolute atomic E-state index is 13.0. The highest BCUT2D eigenvalue weighted by atomic mass is 19.4. The zero-order chi connectivity index (χ0) is 21.6. The van der Waals surface area contributed by atoms with E-state index in [1.165, 1.54) is 18.3 Å². The Kier molecular flexibility index (Phi) is 7.19. The van der Waals surface area contributed by atoms with Gasteiger partial charge in [-0.2, -0.15) is 13.2 Å². The van der Waals surface area contributed by atoms with Crippen molar-refractivity contribution in [2.24, 2.45) is 5.92 Å². The predicted octanol–water partition coefficient (Wildman–Crippen LogP) is 3.95. The van der Waals surface area contributed by atoms with Crippen LogP contribution in [0, 0.1) is 5.92 Å². The standard InChI is InChI=1S/C20H22F3N3O3/c1-12(2)19(28)26-17-10-14(8-9-24-17)13(3)25-18(27)11-29-16-7-5-4-6-15(16)20(21,22)23/h4-10,12-13H,11H2,1-3H3,(H,25,27)(H,24,26,28). The third kappa shape index (κ3) is 6.48. The van der Waals surface area contributed by atoms with Gasteiger partial charge < -0.3 is 15.4 Å². The van der Waals surface area contributed by atoms with Crippen LogP contribution in [0.25, 0.3) is 0 Å². The lowest BCUT2D eigenvalue weighted by molar-refractivity contribution is -0.139. The monoisotopic (exact) mass is 409 g/mol. The Morgan fingerprint density at radius 3 is 2.48 bits per heavy atom. The summed E-state index contributed by atoms with van der Waals surface area (Å²) in [7, 11) is 0.